The summed E-state index contributed by atoms with van der Waals surface area (Å²) in [5.74, 6) is 0.218. The number of phenols is 1. The molecule has 1 atom stereocenters. The Labute approximate surface area is 106 Å². The minimum Gasteiger partial charge on any atom is -0.506 e. The Morgan fingerprint density at radius 3 is 3.22 bits per heavy atom. The van der Waals surface area contributed by atoms with E-state index in [-0.39, 0.29) is 11.9 Å². The number of hydrogen-bond acceptors (Lipinski definition) is 4. The summed E-state index contributed by atoms with van der Waals surface area (Å²) in [6.07, 6.45) is 2.79. The molecular weight excluding hydrogens is 228 g/mol. The lowest BCUT2D eigenvalue weighted by Gasteiger charge is -2.17. The Balaban J connectivity index is 2.08. The highest BCUT2D eigenvalue weighted by Crippen LogP contribution is 2.30. The highest BCUT2D eigenvalue weighted by molar-refractivity contribution is 5.87. The molecule has 0 bridgehead atoms. The van der Waals surface area contributed by atoms with Crippen LogP contribution in [0, 0.1) is 0 Å². The van der Waals surface area contributed by atoms with Crippen molar-refractivity contribution >= 4 is 10.9 Å². The van der Waals surface area contributed by atoms with Crippen LogP contribution in [0.3, 0.4) is 0 Å². The van der Waals surface area contributed by atoms with Gasteiger partial charge in [-0.25, -0.2) is 0 Å². The van der Waals surface area contributed by atoms with E-state index in [2.05, 4.69) is 10.3 Å². The Bertz CT molecular complexity index is 548. The number of phenolic OH excluding ortho intramolecular Hbond substituents is 1. The van der Waals surface area contributed by atoms with Crippen molar-refractivity contribution in [2.24, 2.45) is 0 Å². The minimum atomic E-state index is 0.0276. The van der Waals surface area contributed by atoms with Crippen molar-refractivity contribution in [2.75, 3.05) is 19.7 Å². The fourth-order valence-corrected chi connectivity index (χ4v) is 2.38. The number of benzene rings is 1. The maximum absolute atomic E-state index is 9.83. The van der Waals surface area contributed by atoms with Crippen LogP contribution in [0.4, 0.5) is 0 Å². The van der Waals surface area contributed by atoms with Crippen molar-refractivity contribution in [3.63, 3.8) is 0 Å². The molecule has 1 fully saturated rings. The summed E-state index contributed by atoms with van der Waals surface area (Å²) in [5.41, 5.74) is 1.73. The van der Waals surface area contributed by atoms with Crippen molar-refractivity contribution in [1.82, 2.24) is 10.3 Å². The molecule has 0 saturated carbocycles. The first-order valence-electron chi connectivity index (χ1n) is 6.25. The first-order chi connectivity index (χ1) is 8.86. The Kier molecular flexibility index (Phi) is 3.13. The molecule has 2 heterocycles. The van der Waals surface area contributed by atoms with Crippen molar-refractivity contribution in [2.45, 2.75) is 12.5 Å². The molecule has 0 spiro atoms. The van der Waals surface area contributed by atoms with E-state index >= 15 is 0 Å². The van der Waals surface area contributed by atoms with E-state index in [0.29, 0.717) is 5.52 Å². The summed E-state index contributed by atoms with van der Waals surface area (Å²) in [4.78, 5) is 4.23. The van der Waals surface area contributed by atoms with E-state index < -0.39 is 0 Å². The van der Waals surface area contributed by atoms with Gasteiger partial charge in [0.15, 0.2) is 0 Å². The molecule has 2 aromatic rings. The number of nitrogens with zero attached hydrogens (tertiary/aromatic N) is 1. The van der Waals surface area contributed by atoms with E-state index in [4.69, 9.17) is 4.74 Å². The van der Waals surface area contributed by atoms with Gasteiger partial charge in [0.05, 0.1) is 6.10 Å². The Morgan fingerprint density at radius 1 is 1.33 bits per heavy atom. The second-order valence-electron chi connectivity index (χ2n) is 4.49. The van der Waals surface area contributed by atoms with Crippen LogP contribution in [-0.2, 0) is 4.74 Å². The van der Waals surface area contributed by atoms with Crippen LogP contribution < -0.4 is 5.32 Å². The van der Waals surface area contributed by atoms with Gasteiger partial charge in [0.25, 0.3) is 0 Å². The van der Waals surface area contributed by atoms with Gasteiger partial charge in [-0.15, -0.1) is 0 Å². The predicted molar refractivity (Wildman–Crippen MR) is 69.6 cm³/mol. The van der Waals surface area contributed by atoms with Gasteiger partial charge in [0, 0.05) is 24.7 Å². The average Bonchev–Trinajstić information content (AvgIpc) is 2.67. The van der Waals surface area contributed by atoms with Crippen LogP contribution in [0.2, 0.25) is 0 Å². The van der Waals surface area contributed by atoms with Gasteiger partial charge < -0.3 is 15.2 Å². The van der Waals surface area contributed by atoms with Crippen molar-refractivity contribution in [3.8, 4) is 5.75 Å². The maximum atomic E-state index is 9.83. The quantitative estimate of drug-likeness (QED) is 0.805. The van der Waals surface area contributed by atoms with E-state index in [1.54, 1.807) is 12.3 Å². The van der Waals surface area contributed by atoms with Crippen molar-refractivity contribution in [3.05, 3.63) is 36.0 Å². The van der Waals surface area contributed by atoms with E-state index in [1.165, 1.54) is 0 Å². The number of hydrogen-bond donors (Lipinski definition) is 2. The third kappa shape index (κ3) is 2.05. The fraction of sp³-hybridized carbons (Fsp3) is 0.357. The second-order valence-corrected chi connectivity index (χ2v) is 4.49. The molecule has 1 aromatic carbocycles. The molecule has 1 aliphatic rings. The number of nitrogens with one attached hydrogen (secondary N) is 1. The molecule has 4 heteroatoms. The molecule has 0 radical (unpaired) electrons. The smallest absolute Gasteiger partial charge is 0.141 e. The second kappa shape index (κ2) is 4.92. The van der Waals surface area contributed by atoms with Gasteiger partial charge in [0.1, 0.15) is 11.3 Å². The van der Waals surface area contributed by atoms with Crippen molar-refractivity contribution in [1.29, 1.82) is 0 Å². The molecule has 94 valence electrons. The number of rotatable bonds is 1. The Hall–Kier alpha value is -1.65. The van der Waals surface area contributed by atoms with Crippen LogP contribution >= 0.6 is 0 Å². The van der Waals surface area contributed by atoms with E-state index in [0.717, 1.165) is 37.1 Å². The standard InChI is InChI=1S/C14H16N2O2/c17-12-4-1-3-11-10(5-7-16-14(11)12)13-9-15-6-2-8-18-13/h1,3-5,7,13,15,17H,2,6,8-9H2. The van der Waals surface area contributed by atoms with Gasteiger partial charge in [0.2, 0.25) is 0 Å². The van der Waals surface area contributed by atoms with Gasteiger partial charge in [-0.1, -0.05) is 12.1 Å². The molecule has 2 N–H and O–H groups in total. The third-order valence-electron chi connectivity index (χ3n) is 3.28. The van der Waals surface area contributed by atoms with Gasteiger partial charge in [-0.3, -0.25) is 4.98 Å². The summed E-state index contributed by atoms with van der Waals surface area (Å²) in [5, 5.41) is 14.2. The zero-order valence-electron chi connectivity index (χ0n) is 10.1. The number of fused-ring (bicyclic) bond motifs is 1. The van der Waals surface area contributed by atoms with E-state index in [9.17, 15) is 5.11 Å². The summed E-state index contributed by atoms with van der Waals surface area (Å²) >= 11 is 0. The van der Waals surface area contributed by atoms with Crippen LogP contribution in [0.25, 0.3) is 10.9 Å². The molecule has 1 saturated heterocycles. The first kappa shape index (κ1) is 11.4. The summed E-state index contributed by atoms with van der Waals surface area (Å²) in [6.45, 7) is 2.56. The average molecular weight is 244 g/mol. The zero-order chi connectivity index (χ0) is 12.4. The first-order valence-corrected chi connectivity index (χ1v) is 6.25. The van der Waals surface area contributed by atoms with Crippen LogP contribution in [0.5, 0.6) is 5.75 Å². The summed E-state index contributed by atoms with van der Waals surface area (Å²) in [6, 6.07) is 7.45. The predicted octanol–water partition coefficient (Wildman–Crippen LogP) is 1.99. The van der Waals surface area contributed by atoms with Gasteiger partial charge in [-0.2, -0.15) is 0 Å². The molecule has 1 unspecified atom stereocenters. The number of aromatic nitrogens is 1. The SMILES string of the molecule is Oc1cccc2c(C3CNCCCO3)ccnc12. The molecule has 0 amide bonds. The largest absolute Gasteiger partial charge is 0.506 e. The summed E-state index contributed by atoms with van der Waals surface area (Å²) in [7, 11) is 0. The van der Waals surface area contributed by atoms with Crippen LogP contribution in [0.1, 0.15) is 18.1 Å². The number of para-hydroxylation sites is 1. The fourth-order valence-electron chi connectivity index (χ4n) is 2.38. The lowest BCUT2D eigenvalue weighted by molar-refractivity contribution is 0.0678. The molecule has 3 rings (SSSR count). The lowest BCUT2D eigenvalue weighted by atomic mass is 10.0. The lowest BCUT2D eigenvalue weighted by Crippen LogP contribution is -2.20. The van der Waals surface area contributed by atoms with Crippen molar-refractivity contribution < 1.29 is 9.84 Å². The summed E-state index contributed by atoms with van der Waals surface area (Å²) < 4.78 is 5.87. The Morgan fingerprint density at radius 2 is 2.28 bits per heavy atom. The number of aromatic hydroxyl groups is 1. The van der Waals surface area contributed by atoms with Gasteiger partial charge in [-0.05, 0) is 30.7 Å². The number of pyridine rings is 1. The highest BCUT2D eigenvalue weighted by atomic mass is 16.5. The van der Waals surface area contributed by atoms with Crippen LogP contribution in [-0.4, -0.2) is 29.8 Å². The zero-order valence-corrected chi connectivity index (χ0v) is 10.1. The highest BCUT2D eigenvalue weighted by Gasteiger charge is 2.17. The topological polar surface area (TPSA) is 54.4 Å². The normalized spacial score (nSPS) is 20.8. The molecule has 1 aromatic heterocycles. The third-order valence-corrected chi connectivity index (χ3v) is 3.28. The van der Waals surface area contributed by atoms with E-state index in [1.807, 2.05) is 18.2 Å². The molecule has 0 aliphatic carbocycles. The van der Waals surface area contributed by atoms with Gasteiger partial charge >= 0.3 is 0 Å². The molecule has 1 aliphatic heterocycles. The molecular formula is C14H16N2O2. The monoisotopic (exact) mass is 244 g/mol. The molecule has 18 heavy (non-hydrogen) atoms. The minimum absolute atomic E-state index is 0.0276. The van der Waals surface area contributed by atoms with Crippen LogP contribution in [0.15, 0.2) is 30.5 Å². The maximum Gasteiger partial charge on any atom is 0.141 e. The number of ether oxygens (including phenoxy) is 1. The molecule has 4 nitrogen and oxygen atoms in total.